The van der Waals surface area contributed by atoms with Crippen LogP contribution in [0.2, 0.25) is 0 Å². The van der Waals surface area contributed by atoms with Gasteiger partial charge in [-0.2, -0.15) is 0 Å². The van der Waals surface area contributed by atoms with E-state index < -0.39 is 21.4 Å². The molecule has 1 fully saturated rings. The third kappa shape index (κ3) is 3.08. The minimum absolute atomic E-state index is 0.0425. The summed E-state index contributed by atoms with van der Waals surface area (Å²) in [6.07, 6.45) is 6.81. The van der Waals surface area contributed by atoms with Crippen LogP contribution in [0, 0.1) is 0 Å². The van der Waals surface area contributed by atoms with Gasteiger partial charge < -0.3 is 15.0 Å². The summed E-state index contributed by atoms with van der Waals surface area (Å²) in [5.41, 5.74) is 3.16. The van der Waals surface area contributed by atoms with E-state index in [4.69, 9.17) is 5.11 Å². The van der Waals surface area contributed by atoms with Crippen molar-refractivity contribution in [3.8, 4) is 0 Å². The first-order valence-electron chi connectivity index (χ1n) is 8.54. The number of hydrogen-bond donors (Lipinski definition) is 3. The normalized spacial score (nSPS) is 21.5. The molecule has 3 heterocycles. The number of carbonyl (C=O) groups is 1. The largest absolute Gasteiger partial charge is 0.465 e. The van der Waals surface area contributed by atoms with Crippen molar-refractivity contribution in [2.24, 2.45) is 0 Å². The molecule has 1 aliphatic carbocycles. The molecule has 0 unspecified atom stereocenters. The van der Waals surface area contributed by atoms with Crippen LogP contribution in [-0.2, 0) is 10.0 Å². The van der Waals surface area contributed by atoms with Crippen molar-refractivity contribution in [3.05, 3.63) is 36.2 Å². The van der Waals surface area contributed by atoms with Crippen molar-refractivity contribution >= 4 is 32.7 Å². The minimum Gasteiger partial charge on any atom is -0.465 e. The first kappa shape index (κ1) is 17.0. The molecule has 1 atom stereocenters. The van der Waals surface area contributed by atoms with E-state index in [0.717, 1.165) is 27.9 Å². The van der Waals surface area contributed by atoms with Crippen LogP contribution in [-0.4, -0.2) is 58.9 Å². The smallest absolute Gasteiger partial charge is 0.407 e. The van der Waals surface area contributed by atoms with Gasteiger partial charge in [0.15, 0.2) is 0 Å². The van der Waals surface area contributed by atoms with Crippen LogP contribution < -0.4 is 4.72 Å². The average Bonchev–Trinajstić information content (AvgIpc) is 2.97. The van der Waals surface area contributed by atoms with Crippen molar-refractivity contribution in [1.29, 1.82) is 0 Å². The van der Waals surface area contributed by atoms with Gasteiger partial charge in [0.05, 0.1) is 0 Å². The summed E-state index contributed by atoms with van der Waals surface area (Å²) in [5.74, 6) is 0. The van der Waals surface area contributed by atoms with Gasteiger partial charge in [0.2, 0.25) is 10.0 Å². The number of hydrogen-bond acceptors (Lipinski definition) is 4. The highest BCUT2D eigenvalue weighted by Gasteiger charge is 2.40. The highest BCUT2D eigenvalue weighted by Crippen LogP contribution is 2.31. The lowest BCUT2D eigenvalue weighted by Gasteiger charge is -2.37. The molecule has 0 radical (unpaired) electrons. The number of sulfonamides is 1. The predicted molar refractivity (Wildman–Crippen MR) is 97.2 cm³/mol. The van der Waals surface area contributed by atoms with E-state index in [0.29, 0.717) is 12.8 Å². The number of likely N-dealkylation sites (tertiary alicyclic amines) is 1. The monoisotopic (exact) mass is 376 g/mol. The molecule has 1 saturated heterocycles. The van der Waals surface area contributed by atoms with Gasteiger partial charge >= 0.3 is 6.09 Å². The highest BCUT2D eigenvalue weighted by atomic mass is 32.2. The van der Waals surface area contributed by atoms with Gasteiger partial charge in [-0.25, -0.2) is 22.9 Å². The molecule has 2 aromatic rings. The third-order valence-corrected chi connectivity index (χ3v) is 6.93. The number of carboxylic acid groups (broad SMARTS) is 1. The Balaban J connectivity index is 1.41. The fraction of sp³-hybridized carbons (Fsp3) is 0.412. The van der Waals surface area contributed by atoms with Gasteiger partial charge in [-0.1, -0.05) is 6.08 Å². The predicted octanol–water partition coefficient (Wildman–Crippen LogP) is 1.78. The summed E-state index contributed by atoms with van der Waals surface area (Å²) < 4.78 is 27.5. The molecule has 9 heteroatoms. The molecule has 1 amide bonds. The van der Waals surface area contributed by atoms with Crippen LogP contribution in [0.3, 0.4) is 0 Å². The fourth-order valence-electron chi connectivity index (χ4n) is 3.53. The van der Waals surface area contributed by atoms with E-state index in [-0.39, 0.29) is 19.1 Å². The first-order chi connectivity index (χ1) is 12.4. The molecule has 8 nitrogen and oxygen atoms in total. The number of fused-ring (bicyclic) bond motifs is 1. The van der Waals surface area contributed by atoms with Crippen LogP contribution in [0.1, 0.15) is 24.8 Å². The third-order valence-electron chi connectivity index (χ3n) is 5.10. The topological polar surface area (TPSA) is 115 Å². The molecule has 4 rings (SSSR count). The van der Waals surface area contributed by atoms with E-state index >= 15 is 0 Å². The highest BCUT2D eigenvalue weighted by molar-refractivity contribution is 7.90. The van der Waals surface area contributed by atoms with E-state index in [1.807, 2.05) is 18.3 Å². The fourth-order valence-corrected chi connectivity index (χ4v) is 5.15. The molecule has 2 aromatic heterocycles. The molecular formula is C17H20N4O4S. The number of rotatable bonds is 4. The Morgan fingerprint density at radius 1 is 1.38 bits per heavy atom. The molecule has 138 valence electrons. The van der Waals surface area contributed by atoms with E-state index in [1.54, 1.807) is 6.20 Å². The van der Waals surface area contributed by atoms with Gasteiger partial charge in [-0.3, -0.25) is 0 Å². The van der Waals surface area contributed by atoms with Crippen LogP contribution >= 0.6 is 0 Å². The molecular weight excluding hydrogens is 356 g/mol. The van der Waals surface area contributed by atoms with Crippen molar-refractivity contribution in [3.63, 3.8) is 0 Å². The molecule has 1 aliphatic heterocycles. The zero-order valence-electron chi connectivity index (χ0n) is 14.1. The average molecular weight is 376 g/mol. The summed E-state index contributed by atoms with van der Waals surface area (Å²) in [7, 11) is -3.50. The number of nitrogens with one attached hydrogen (secondary N) is 2. The lowest BCUT2D eigenvalue weighted by atomic mass is 9.91. The Morgan fingerprint density at radius 3 is 2.88 bits per heavy atom. The number of nitrogens with zero attached hydrogens (tertiary/aromatic N) is 2. The zero-order valence-corrected chi connectivity index (χ0v) is 14.9. The minimum atomic E-state index is -3.50. The van der Waals surface area contributed by atoms with Crippen molar-refractivity contribution < 1.29 is 18.3 Å². The SMILES string of the molecule is O=C(O)N1CC(S(=O)(=O)N[C@H]2CC=C(c3c[nH]c4ncccc34)CC2)C1. The number of amides is 1. The first-order valence-corrected chi connectivity index (χ1v) is 10.1. The van der Waals surface area contributed by atoms with Gasteiger partial charge in [0.25, 0.3) is 0 Å². The van der Waals surface area contributed by atoms with Crippen molar-refractivity contribution in [1.82, 2.24) is 19.6 Å². The van der Waals surface area contributed by atoms with Crippen LogP contribution in [0.25, 0.3) is 16.6 Å². The number of H-pyrrole nitrogens is 1. The summed E-state index contributed by atoms with van der Waals surface area (Å²) >= 11 is 0. The Bertz CT molecular complexity index is 976. The second-order valence-corrected chi connectivity index (χ2v) is 8.77. The van der Waals surface area contributed by atoms with Gasteiger partial charge in [-0.05, 0) is 37.0 Å². The Labute approximate surface area is 151 Å². The number of aromatic amines is 1. The summed E-state index contributed by atoms with van der Waals surface area (Å²) in [5, 5.41) is 9.25. The van der Waals surface area contributed by atoms with Crippen LogP contribution in [0.5, 0.6) is 0 Å². The van der Waals surface area contributed by atoms with E-state index in [9.17, 15) is 13.2 Å². The maximum absolute atomic E-state index is 12.4. The standard InChI is InChI=1S/C17H20N4O4S/c22-17(23)21-9-13(10-21)26(24,25)20-12-5-3-11(4-6-12)15-8-19-16-14(15)2-1-7-18-16/h1-3,7-8,12-13,20H,4-6,9-10H2,(H,18,19)(H,22,23)/t12-/m0/s1. The molecule has 0 bridgehead atoms. The molecule has 0 spiro atoms. The van der Waals surface area contributed by atoms with E-state index in [1.165, 1.54) is 5.57 Å². The summed E-state index contributed by atoms with van der Waals surface area (Å²) in [4.78, 5) is 19.3. The Morgan fingerprint density at radius 2 is 2.19 bits per heavy atom. The second-order valence-electron chi connectivity index (χ2n) is 6.78. The second kappa shape index (κ2) is 6.40. The number of aromatic nitrogens is 2. The van der Waals surface area contributed by atoms with Crippen LogP contribution in [0.4, 0.5) is 4.79 Å². The van der Waals surface area contributed by atoms with Crippen LogP contribution in [0.15, 0.2) is 30.6 Å². The molecule has 26 heavy (non-hydrogen) atoms. The number of allylic oxidation sites excluding steroid dienone is 1. The quantitative estimate of drug-likeness (QED) is 0.752. The lowest BCUT2D eigenvalue weighted by Crippen LogP contribution is -2.60. The Kier molecular flexibility index (Phi) is 4.20. The Hall–Kier alpha value is -2.39. The summed E-state index contributed by atoms with van der Waals surface area (Å²) in [6, 6.07) is 3.78. The zero-order chi connectivity index (χ0) is 18.3. The number of pyridine rings is 1. The van der Waals surface area contributed by atoms with Crippen molar-refractivity contribution in [2.75, 3.05) is 13.1 Å². The molecule has 3 N–H and O–H groups in total. The van der Waals surface area contributed by atoms with Crippen molar-refractivity contribution in [2.45, 2.75) is 30.6 Å². The maximum Gasteiger partial charge on any atom is 0.407 e. The van der Waals surface area contributed by atoms with Gasteiger partial charge in [0.1, 0.15) is 10.9 Å². The molecule has 0 saturated carbocycles. The summed E-state index contributed by atoms with van der Waals surface area (Å²) in [6.45, 7) is 0.0850. The maximum atomic E-state index is 12.4. The van der Waals surface area contributed by atoms with Gasteiger partial charge in [0, 0.05) is 42.5 Å². The van der Waals surface area contributed by atoms with E-state index in [2.05, 4.69) is 20.8 Å². The van der Waals surface area contributed by atoms with Gasteiger partial charge in [-0.15, -0.1) is 0 Å². The molecule has 0 aromatic carbocycles. The lowest BCUT2D eigenvalue weighted by molar-refractivity contribution is 0.119. The molecule has 2 aliphatic rings.